The standard InChI is InChI=1S/C21H26N4O2S/c1-5-27-15-9-7-6-8-14(15)22-16(26)12-28-19-23-18-17(24-25-19)13-10-11-21(18,4)20(13,2)3/h6-9,13H,5,10-12H2,1-4H3,(H,22,26)/t13-,21+/m1/s1. The molecular weight excluding hydrogens is 372 g/mol. The number of carbonyl (C=O) groups excluding carboxylic acids is 1. The average Bonchev–Trinajstić information content (AvgIpc) is 3.00. The molecule has 1 aromatic carbocycles. The number of nitrogens with one attached hydrogen (secondary N) is 1. The van der Waals surface area contributed by atoms with Crippen LogP contribution in [0.2, 0.25) is 0 Å². The van der Waals surface area contributed by atoms with Crippen LogP contribution in [0, 0.1) is 5.41 Å². The van der Waals surface area contributed by atoms with Gasteiger partial charge in [0.15, 0.2) is 0 Å². The number of amides is 1. The molecule has 0 spiro atoms. The second kappa shape index (κ2) is 7.03. The third kappa shape index (κ3) is 2.96. The van der Waals surface area contributed by atoms with Crippen LogP contribution in [0.1, 0.15) is 57.8 Å². The van der Waals surface area contributed by atoms with Crippen molar-refractivity contribution in [3.8, 4) is 5.75 Å². The Balaban J connectivity index is 1.44. The van der Waals surface area contributed by atoms with E-state index in [1.165, 1.54) is 11.8 Å². The fourth-order valence-corrected chi connectivity index (χ4v) is 5.18. The van der Waals surface area contributed by atoms with Gasteiger partial charge in [0.25, 0.3) is 0 Å². The van der Waals surface area contributed by atoms with Crippen molar-refractivity contribution < 1.29 is 9.53 Å². The first kappa shape index (κ1) is 19.2. The monoisotopic (exact) mass is 398 g/mol. The van der Waals surface area contributed by atoms with Gasteiger partial charge in [-0.3, -0.25) is 4.79 Å². The summed E-state index contributed by atoms with van der Waals surface area (Å²) in [4.78, 5) is 17.2. The van der Waals surface area contributed by atoms with Crippen molar-refractivity contribution in [3.63, 3.8) is 0 Å². The summed E-state index contributed by atoms with van der Waals surface area (Å²) in [5.41, 5.74) is 3.00. The maximum absolute atomic E-state index is 12.4. The predicted octanol–water partition coefficient (Wildman–Crippen LogP) is 4.18. The lowest BCUT2D eigenvalue weighted by atomic mass is 9.70. The molecule has 0 aliphatic heterocycles. The molecule has 6 nitrogen and oxygen atoms in total. The number of fused-ring (bicyclic) bond motifs is 5. The van der Waals surface area contributed by atoms with Crippen LogP contribution in [0.3, 0.4) is 0 Å². The molecule has 0 saturated heterocycles. The highest BCUT2D eigenvalue weighted by atomic mass is 32.2. The molecule has 2 atom stereocenters. The van der Waals surface area contributed by atoms with Gasteiger partial charge in [0.05, 0.1) is 29.4 Å². The molecule has 1 saturated carbocycles. The zero-order chi connectivity index (χ0) is 19.9. The van der Waals surface area contributed by atoms with Crippen LogP contribution in [0.15, 0.2) is 29.4 Å². The average molecular weight is 399 g/mol. The molecule has 28 heavy (non-hydrogen) atoms. The lowest BCUT2D eigenvalue weighted by Crippen LogP contribution is -2.32. The molecule has 2 aliphatic carbocycles. The SMILES string of the molecule is CCOc1ccccc1NC(=O)CSc1nnc2c(n1)[C@]1(C)CC[C@H]2C1(C)C. The number of rotatable bonds is 6. The Hall–Kier alpha value is -2.15. The molecule has 1 fully saturated rings. The van der Waals surface area contributed by atoms with Gasteiger partial charge >= 0.3 is 0 Å². The molecular formula is C21H26N4O2S. The summed E-state index contributed by atoms with van der Waals surface area (Å²) >= 11 is 1.32. The number of hydrogen-bond donors (Lipinski definition) is 1. The molecule has 148 valence electrons. The Morgan fingerprint density at radius 1 is 1.29 bits per heavy atom. The highest BCUT2D eigenvalue weighted by Crippen LogP contribution is 2.66. The van der Waals surface area contributed by atoms with Gasteiger partial charge in [-0.25, -0.2) is 4.98 Å². The first-order chi connectivity index (χ1) is 13.4. The van der Waals surface area contributed by atoms with E-state index in [1.54, 1.807) is 0 Å². The van der Waals surface area contributed by atoms with Crippen LogP contribution >= 0.6 is 11.8 Å². The van der Waals surface area contributed by atoms with Gasteiger partial charge < -0.3 is 10.1 Å². The number of hydrogen-bond acceptors (Lipinski definition) is 6. The fraction of sp³-hybridized carbons (Fsp3) is 0.524. The van der Waals surface area contributed by atoms with Gasteiger partial charge in [0, 0.05) is 11.3 Å². The normalized spacial score (nSPS) is 24.1. The Labute approximate surface area is 169 Å². The van der Waals surface area contributed by atoms with E-state index in [4.69, 9.17) is 9.72 Å². The maximum Gasteiger partial charge on any atom is 0.234 e. The number of ether oxygens (including phenoxy) is 1. The summed E-state index contributed by atoms with van der Waals surface area (Å²) in [7, 11) is 0. The number of aromatic nitrogens is 3. The van der Waals surface area contributed by atoms with Gasteiger partial charge in [-0.2, -0.15) is 5.10 Å². The second-order valence-corrected chi connectivity index (χ2v) is 9.18. The molecule has 7 heteroatoms. The highest BCUT2D eigenvalue weighted by Gasteiger charge is 2.61. The lowest BCUT2D eigenvalue weighted by molar-refractivity contribution is -0.113. The Bertz CT molecular complexity index is 917. The van der Waals surface area contributed by atoms with E-state index in [0.717, 1.165) is 24.2 Å². The van der Waals surface area contributed by atoms with Crippen molar-refractivity contribution in [1.29, 1.82) is 0 Å². The third-order valence-electron chi connectivity index (χ3n) is 6.57. The zero-order valence-electron chi connectivity index (χ0n) is 16.8. The molecule has 1 heterocycles. The van der Waals surface area contributed by atoms with Gasteiger partial charge in [0.2, 0.25) is 11.1 Å². The van der Waals surface area contributed by atoms with E-state index < -0.39 is 0 Å². The number of benzene rings is 1. The van der Waals surface area contributed by atoms with Crippen LogP contribution in [-0.2, 0) is 10.2 Å². The lowest BCUT2D eigenvalue weighted by Gasteiger charge is -2.33. The minimum atomic E-state index is -0.116. The van der Waals surface area contributed by atoms with Gasteiger partial charge in [-0.1, -0.05) is 44.7 Å². The Morgan fingerprint density at radius 2 is 2.07 bits per heavy atom. The summed E-state index contributed by atoms with van der Waals surface area (Å²) < 4.78 is 5.55. The minimum Gasteiger partial charge on any atom is -0.492 e. The second-order valence-electron chi connectivity index (χ2n) is 8.24. The van der Waals surface area contributed by atoms with Gasteiger partial charge in [-0.15, -0.1) is 5.10 Å². The van der Waals surface area contributed by atoms with Crippen LogP contribution in [-0.4, -0.2) is 33.4 Å². The quantitative estimate of drug-likeness (QED) is 0.736. The molecule has 0 radical (unpaired) electrons. The molecule has 0 unspecified atom stereocenters. The van der Waals surface area contributed by atoms with Gasteiger partial charge in [-0.05, 0) is 37.3 Å². The molecule has 1 aromatic heterocycles. The fourth-order valence-electron chi connectivity index (χ4n) is 4.59. The molecule has 2 aliphatic rings. The Morgan fingerprint density at radius 3 is 2.86 bits per heavy atom. The van der Waals surface area contributed by atoms with E-state index in [-0.39, 0.29) is 22.5 Å². The van der Waals surface area contributed by atoms with E-state index in [0.29, 0.717) is 29.1 Å². The topological polar surface area (TPSA) is 77.0 Å². The number of nitrogens with zero attached hydrogens (tertiary/aromatic N) is 3. The van der Waals surface area contributed by atoms with Crippen LogP contribution < -0.4 is 10.1 Å². The number of para-hydroxylation sites is 2. The van der Waals surface area contributed by atoms with Crippen molar-refractivity contribution >= 4 is 23.4 Å². The van der Waals surface area contributed by atoms with E-state index in [9.17, 15) is 4.79 Å². The van der Waals surface area contributed by atoms with Crippen molar-refractivity contribution in [2.45, 2.75) is 57.0 Å². The largest absolute Gasteiger partial charge is 0.492 e. The number of thioether (sulfide) groups is 1. The third-order valence-corrected chi connectivity index (χ3v) is 7.40. The number of carbonyl (C=O) groups is 1. The zero-order valence-corrected chi connectivity index (χ0v) is 17.6. The van der Waals surface area contributed by atoms with E-state index in [1.807, 2.05) is 31.2 Å². The Kier molecular flexibility index (Phi) is 4.81. The molecule has 1 N–H and O–H groups in total. The molecule has 1 amide bonds. The van der Waals surface area contributed by atoms with Crippen molar-refractivity contribution in [3.05, 3.63) is 35.7 Å². The summed E-state index contributed by atoms with van der Waals surface area (Å²) in [6.07, 6.45) is 2.29. The molecule has 2 aromatic rings. The van der Waals surface area contributed by atoms with Crippen molar-refractivity contribution in [2.24, 2.45) is 5.41 Å². The van der Waals surface area contributed by atoms with E-state index >= 15 is 0 Å². The predicted molar refractivity (Wildman–Crippen MR) is 110 cm³/mol. The van der Waals surface area contributed by atoms with Crippen LogP contribution in [0.25, 0.3) is 0 Å². The molecule has 4 rings (SSSR count). The summed E-state index contributed by atoms with van der Waals surface area (Å²) in [5, 5.41) is 12.3. The smallest absolute Gasteiger partial charge is 0.234 e. The van der Waals surface area contributed by atoms with E-state index in [2.05, 4.69) is 36.3 Å². The molecule has 2 bridgehead atoms. The van der Waals surface area contributed by atoms with Crippen molar-refractivity contribution in [2.75, 3.05) is 17.7 Å². The maximum atomic E-state index is 12.4. The van der Waals surface area contributed by atoms with Crippen LogP contribution in [0.5, 0.6) is 5.75 Å². The first-order valence-corrected chi connectivity index (χ1v) is 10.7. The number of anilines is 1. The summed E-state index contributed by atoms with van der Waals surface area (Å²) in [5.74, 6) is 1.22. The van der Waals surface area contributed by atoms with Crippen LogP contribution in [0.4, 0.5) is 5.69 Å². The summed E-state index contributed by atoms with van der Waals surface area (Å²) in [6.45, 7) is 9.38. The van der Waals surface area contributed by atoms with Gasteiger partial charge in [0.1, 0.15) is 5.75 Å². The summed E-state index contributed by atoms with van der Waals surface area (Å²) in [6, 6.07) is 7.43. The highest BCUT2D eigenvalue weighted by molar-refractivity contribution is 7.99. The first-order valence-electron chi connectivity index (χ1n) is 9.76. The van der Waals surface area contributed by atoms with Crippen molar-refractivity contribution in [1.82, 2.24) is 15.2 Å². The minimum absolute atomic E-state index is 0.0386.